The van der Waals surface area contributed by atoms with Gasteiger partial charge in [0.25, 0.3) is 0 Å². The van der Waals surface area contributed by atoms with Crippen molar-refractivity contribution >= 4 is 5.97 Å². The van der Waals surface area contributed by atoms with Crippen molar-refractivity contribution in [2.45, 2.75) is 45.7 Å². The van der Waals surface area contributed by atoms with Gasteiger partial charge < -0.3 is 10.4 Å². The Morgan fingerprint density at radius 1 is 1.43 bits per heavy atom. The van der Waals surface area contributed by atoms with Crippen LogP contribution in [0.4, 0.5) is 0 Å². The Bertz CT molecular complexity index is 721. The topological polar surface area (TPSA) is 80.0 Å². The first-order valence-corrected chi connectivity index (χ1v) is 8.07. The Hall–Kier alpha value is -2.21. The van der Waals surface area contributed by atoms with E-state index in [1.807, 2.05) is 12.3 Å². The Balaban J connectivity index is 1.90. The van der Waals surface area contributed by atoms with Gasteiger partial charge in [0.05, 0.1) is 5.69 Å². The summed E-state index contributed by atoms with van der Waals surface area (Å²) in [5.74, 6) is -0.895. The number of aromatic carboxylic acids is 1. The van der Waals surface area contributed by atoms with Gasteiger partial charge in [0.2, 0.25) is 0 Å². The number of carboxylic acid groups (broad SMARTS) is 1. The van der Waals surface area contributed by atoms with Gasteiger partial charge in [0.1, 0.15) is 5.69 Å². The second-order valence-electron chi connectivity index (χ2n) is 6.20. The van der Waals surface area contributed by atoms with Crippen LogP contribution in [-0.4, -0.2) is 38.4 Å². The van der Waals surface area contributed by atoms with Crippen molar-refractivity contribution in [2.24, 2.45) is 0 Å². The summed E-state index contributed by atoms with van der Waals surface area (Å²) in [5.41, 5.74) is 4.16. The molecular weight excluding hydrogens is 292 g/mol. The summed E-state index contributed by atoms with van der Waals surface area (Å²) in [7, 11) is 0. The molecule has 2 aromatic heterocycles. The van der Waals surface area contributed by atoms with Crippen molar-refractivity contribution in [3.8, 4) is 11.3 Å². The van der Waals surface area contributed by atoms with Crippen LogP contribution in [0.15, 0.2) is 18.5 Å². The molecule has 0 aliphatic heterocycles. The summed E-state index contributed by atoms with van der Waals surface area (Å²) in [4.78, 5) is 15.9. The minimum atomic E-state index is -0.895. The molecule has 2 heterocycles. The predicted octanol–water partition coefficient (Wildman–Crippen LogP) is 2.13. The van der Waals surface area contributed by atoms with Crippen molar-refractivity contribution in [3.05, 3.63) is 35.3 Å². The normalized spacial score (nSPS) is 13.0. The van der Waals surface area contributed by atoms with Crippen molar-refractivity contribution < 1.29 is 9.90 Å². The number of hydrogen-bond acceptors (Lipinski definition) is 4. The summed E-state index contributed by atoms with van der Waals surface area (Å²) in [5, 5.41) is 17.6. The van der Waals surface area contributed by atoms with Crippen LogP contribution in [0.2, 0.25) is 0 Å². The standard InChI is InChI=1S/C17H22N4O2/c1-11(2)19-7-3-9-21-16(17(22)23)14-5-4-12-10-18-8-6-13(12)15(14)20-21/h6,8,10-11,19H,3-5,7,9H2,1-2H3,(H,22,23). The highest BCUT2D eigenvalue weighted by molar-refractivity contribution is 5.90. The van der Waals surface area contributed by atoms with E-state index in [4.69, 9.17) is 0 Å². The number of pyridine rings is 1. The van der Waals surface area contributed by atoms with Crippen LogP contribution >= 0.6 is 0 Å². The van der Waals surface area contributed by atoms with E-state index in [1.165, 1.54) is 0 Å². The number of carbonyl (C=O) groups is 1. The van der Waals surface area contributed by atoms with E-state index >= 15 is 0 Å². The van der Waals surface area contributed by atoms with E-state index in [0.717, 1.165) is 41.8 Å². The third-order valence-corrected chi connectivity index (χ3v) is 4.16. The van der Waals surface area contributed by atoms with Gasteiger partial charge in [-0.1, -0.05) is 13.8 Å². The molecule has 23 heavy (non-hydrogen) atoms. The first kappa shape index (κ1) is 15.7. The average molecular weight is 314 g/mol. The number of nitrogens with one attached hydrogen (secondary N) is 1. The number of carboxylic acids is 1. The molecule has 0 unspecified atom stereocenters. The summed E-state index contributed by atoms with van der Waals surface area (Å²) in [6.07, 6.45) is 5.96. The van der Waals surface area contributed by atoms with E-state index in [0.29, 0.717) is 24.7 Å². The lowest BCUT2D eigenvalue weighted by Gasteiger charge is -2.14. The number of hydrogen-bond donors (Lipinski definition) is 2. The molecule has 0 fully saturated rings. The molecule has 6 nitrogen and oxygen atoms in total. The summed E-state index contributed by atoms with van der Waals surface area (Å²) < 4.78 is 1.66. The largest absolute Gasteiger partial charge is 0.477 e. The fourth-order valence-electron chi connectivity index (χ4n) is 3.09. The smallest absolute Gasteiger partial charge is 0.354 e. The maximum Gasteiger partial charge on any atom is 0.354 e. The van der Waals surface area contributed by atoms with Gasteiger partial charge in [0.15, 0.2) is 0 Å². The minimum Gasteiger partial charge on any atom is -0.477 e. The first-order chi connectivity index (χ1) is 11.1. The molecule has 0 amide bonds. The van der Waals surface area contributed by atoms with E-state index in [1.54, 1.807) is 10.9 Å². The van der Waals surface area contributed by atoms with Crippen LogP contribution in [0.5, 0.6) is 0 Å². The van der Waals surface area contributed by atoms with Crippen molar-refractivity contribution in [2.75, 3.05) is 6.54 Å². The van der Waals surface area contributed by atoms with Gasteiger partial charge >= 0.3 is 5.97 Å². The molecule has 6 heteroatoms. The summed E-state index contributed by atoms with van der Waals surface area (Å²) in [6.45, 7) is 5.65. The number of rotatable bonds is 6. The fraction of sp³-hybridized carbons (Fsp3) is 0.471. The fourth-order valence-corrected chi connectivity index (χ4v) is 3.09. The molecule has 1 aliphatic rings. The maximum atomic E-state index is 11.7. The lowest BCUT2D eigenvalue weighted by molar-refractivity contribution is 0.0681. The quantitative estimate of drug-likeness (QED) is 0.798. The second-order valence-corrected chi connectivity index (χ2v) is 6.20. The van der Waals surface area contributed by atoms with Gasteiger partial charge in [-0.2, -0.15) is 5.10 Å². The van der Waals surface area contributed by atoms with Crippen molar-refractivity contribution in [3.63, 3.8) is 0 Å². The molecule has 3 rings (SSSR count). The third-order valence-electron chi connectivity index (χ3n) is 4.16. The molecule has 1 aliphatic carbocycles. The zero-order chi connectivity index (χ0) is 16.4. The van der Waals surface area contributed by atoms with Gasteiger partial charge in [-0.25, -0.2) is 4.79 Å². The highest BCUT2D eigenvalue weighted by Crippen LogP contribution is 2.34. The number of aromatic nitrogens is 3. The number of fused-ring (bicyclic) bond motifs is 3. The SMILES string of the molecule is CC(C)NCCCn1nc2c(c1C(=O)O)CCc1cnccc1-2. The van der Waals surface area contributed by atoms with Crippen LogP contribution in [0, 0.1) is 0 Å². The minimum absolute atomic E-state index is 0.340. The molecule has 0 aromatic carbocycles. The zero-order valence-corrected chi connectivity index (χ0v) is 13.5. The van der Waals surface area contributed by atoms with Crippen molar-refractivity contribution in [1.29, 1.82) is 0 Å². The average Bonchev–Trinajstić information content (AvgIpc) is 2.90. The molecule has 122 valence electrons. The Morgan fingerprint density at radius 2 is 2.26 bits per heavy atom. The Morgan fingerprint density at radius 3 is 3.00 bits per heavy atom. The highest BCUT2D eigenvalue weighted by atomic mass is 16.4. The van der Waals surface area contributed by atoms with Crippen LogP contribution in [0.3, 0.4) is 0 Å². The van der Waals surface area contributed by atoms with Crippen molar-refractivity contribution in [1.82, 2.24) is 20.1 Å². The second kappa shape index (κ2) is 6.50. The Labute approximate surface area is 135 Å². The summed E-state index contributed by atoms with van der Waals surface area (Å²) in [6, 6.07) is 2.36. The predicted molar refractivity (Wildman–Crippen MR) is 87.6 cm³/mol. The maximum absolute atomic E-state index is 11.7. The molecule has 2 aromatic rings. The lowest BCUT2D eigenvalue weighted by atomic mass is 9.90. The van der Waals surface area contributed by atoms with Gasteiger partial charge in [0, 0.05) is 36.1 Å². The number of aryl methyl sites for hydroxylation is 2. The monoisotopic (exact) mass is 314 g/mol. The van der Waals surface area contributed by atoms with E-state index in [2.05, 4.69) is 29.2 Å². The Kier molecular flexibility index (Phi) is 4.43. The summed E-state index contributed by atoms with van der Waals surface area (Å²) >= 11 is 0. The van der Waals surface area contributed by atoms with Crippen LogP contribution in [0.1, 0.15) is 41.9 Å². The van der Waals surface area contributed by atoms with Gasteiger partial charge in [-0.15, -0.1) is 0 Å². The molecule has 0 radical (unpaired) electrons. The third kappa shape index (κ3) is 3.12. The first-order valence-electron chi connectivity index (χ1n) is 8.07. The molecule has 0 saturated carbocycles. The molecule has 0 bridgehead atoms. The van der Waals surface area contributed by atoms with Gasteiger partial charge in [-0.05, 0) is 37.4 Å². The van der Waals surface area contributed by atoms with E-state index in [-0.39, 0.29) is 0 Å². The number of nitrogens with zero attached hydrogens (tertiary/aromatic N) is 3. The van der Waals surface area contributed by atoms with Gasteiger partial charge in [-0.3, -0.25) is 9.67 Å². The molecule has 0 saturated heterocycles. The molecule has 2 N–H and O–H groups in total. The van der Waals surface area contributed by atoms with E-state index in [9.17, 15) is 9.90 Å². The van der Waals surface area contributed by atoms with Crippen LogP contribution in [0.25, 0.3) is 11.3 Å². The van der Waals surface area contributed by atoms with Crippen LogP contribution < -0.4 is 5.32 Å². The van der Waals surface area contributed by atoms with Crippen LogP contribution in [-0.2, 0) is 19.4 Å². The highest BCUT2D eigenvalue weighted by Gasteiger charge is 2.27. The zero-order valence-electron chi connectivity index (χ0n) is 13.5. The molecule has 0 atom stereocenters. The lowest BCUT2D eigenvalue weighted by Crippen LogP contribution is -2.25. The molecule has 0 spiro atoms. The molecular formula is C17H22N4O2. The van der Waals surface area contributed by atoms with E-state index < -0.39 is 5.97 Å².